The minimum absolute atomic E-state index is 0.0500. The minimum atomic E-state index is -0.250. The van der Waals surface area contributed by atoms with Crippen LogP contribution in [0.4, 0.5) is 5.69 Å². The molecule has 214 valence electrons. The Balaban J connectivity index is 0.000000967. The lowest BCUT2D eigenvalue weighted by Crippen LogP contribution is -2.40. The quantitative estimate of drug-likeness (QED) is 0.283. The minimum Gasteiger partial charge on any atom is -0.483 e. The van der Waals surface area contributed by atoms with E-state index in [4.69, 9.17) is 21.5 Å². The van der Waals surface area contributed by atoms with Crippen molar-refractivity contribution in [1.82, 2.24) is 20.1 Å². The Kier molecular flexibility index (Phi) is 8.07. The average Bonchev–Trinajstić information content (AvgIpc) is 3.56. The monoisotopic (exact) mass is 593 g/mol. The fourth-order valence-corrected chi connectivity index (χ4v) is 7.48. The zero-order chi connectivity index (χ0) is 28.5. The number of nitrogens with zero attached hydrogens (tertiary/aromatic N) is 4. The molecule has 3 aromatic heterocycles. The van der Waals surface area contributed by atoms with Gasteiger partial charge >= 0.3 is 0 Å². The maximum absolute atomic E-state index is 12.7. The van der Waals surface area contributed by atoms with Gasteiger partial charge in [0.1, 0.15) is 0 Å². The molecule has 2 atom stereocenters. The summed E-state index contributed by atoms with van der Waals surface area (Å²) in [5.41, 5.74) is 6.71. The second-order valence-corrected chi connectivity index (χ2v) is 12.5. The van der Waals surface area contributed by atoms with Crippen molar-refractivity contribution in [1.29, 1.82) is 0 Å². The fraction of sp³-hybridized carbons (Fsp3) is 0.400. The van der Waals surface area contributed by atoms with Crippen LogP contribution < -0.4 is 15.8 Å². The summed E-state index contributed by atoms with van der Waals surface area (Å²) in [7, 11) is 0. The molecule has 4 aromatic rings. The molecule has 11 heteroatoms. The molecule has 3 aliphatic rings. The van der Waals surface area contributed by atoms with Gasteiger partial charge in [-0.2, -0.15) is 5.10 Å². The second kappa shape index (κ2) is 11.9. The number of aromatic nitrogens is 3. The molecule has 1 aliphatic carbocycles. The summed E-state index contributed by atoms with van der Waals surface area (Å²) >= 11 is 8.35. The van der Waals surface area contributed by atoms with Crippen LogP contribution in [-0.2, 0) is 17.8 Å². The van der Waals surface area contributed by atoms with Crippen molar-refractivity contribution >= 4 is 45.3 Å². The zero-order valence-electron chi connectivity index (χ0n) is 22.5. The van der Waals surface area contributed by atoms with E-state index in [0.717, 1.165) is 82.0 Å². The SMILES string of the molecule is O=CO.O=c1cc(C2CC2)cnn1Cc1cc2nccc(-c3cc(Cl)cc4c3N([C@@H]3CN[C@H](CO)C3)CCC4)c2s1. The third-order valence-electron chi connectivity index (χ3n) is 8.14. The number of aliphatic hydroxyl groups excluding tert-OH is 1. The molecule has 3 N–H and O–H groups in total. The van der Waals surface area contributed by atoms with Gasteiger partial charge in [-0.3, -0.25) is 14.6 Å². The summed E-state index contributed by atoms with van der Waals surface area (Å²) in [5.74, 6) is 0.513. The van der Waals surface area contributed by atoms with Crippen molar-refractivity contribution in [3.63, 3.8) is 0 Å². The Labute approximate surface area is 246 Å². The number of aryl methyl sites for hydroxylation is 1. The van der Waals surface area contributed by atoms with Gasteiger partial charge in [0.15, 0.2) is 0 Å². The van der Waals surface area contributed by atoms with E-state index in [9.17, 15) is 9.90 Å². The fourth-order valence-electron chi connectivity index (χ4n) is 6.11. The van der Waals surface area contributed by atoms with Crippen LogP contribution in [0.1, 0.15) is 47.6 Å². The number of aliphatic hydroxyl groups is 1. The molecule has 1 aromatic carbocycles. The van der Waals surface area contributed by atoms with Crippen LogP contribution in [-0.4, -0.2) is 63.2 Å². The summed E-state index contributed by atoms with van der Waals surface area (Å²) in [6.45, 7) is 2.19. The lowest BCUT2D eigenvalue weighted by molar-refractivity contribution is -0.122. The number of benzene rings is 1. The lowest BCUT2D eigenvalue weighted by atomic mass is 9.92. The van der Waals surface area contributed by atoms with Crippen molar-refractivity contribution in [3.05, 3.63) is 74.1 Å². The highest BCUT2D eigenvalue weighted by Crippen LogP contribution is 2.45. The number of thiophene rings is 1. The Bertz CT molecular complexity index is 1640. The third kappa shape index (κ3) is 5.74. The maximum Gasteiger partial charge on any atom is 0.290 e. The molecule has 0 amide bonds. The van der Waals surface area contributed by atoms with Crippen LogP contribution in [0.15, 0.2) is 47.5 Å². The summed E-state index contributed by atoms with van der Waals surface area (Å²) < 4.78 is 2.64. The Morgan fingerprint density at radius 2 is 2.02 bits per heavy atom. The van der Waals surface area contributed by atoms with E-state index in [1.165, 1.54) is 11.3 Å². The summed E-state index contributed by atoms with van der Waals surface area (Å²) in [4.78, 5) is 29.3. The molecule has 0 spiro atoms. The molecule has 0 unspecified atom stereocenters. The van der Waals surface area contributed by atoms with Crippen LogP contribution in [0.3, 0.4) is 0 Å². The van der Waals surface area contributed by atoms with Gasteiger partial charge < -0.3 is 20.4 Å². The zero-order valence-corrected chi connectivity index (χ0v) is 24.1. The van der Waals surface area contributed by atoms with E-state index in [1.807, 2.05) is 12.4 Å². The van der Waals surface area contributed by atoms with Crippen molar-refractivity contribution in [2.45, 2.75) is 56.7 Å². The number of nitrogens with one attached hydrogen (secondary N) is 1. The largest absolute Gasteiger partial charge is 0.483 e. The predicted octanol–water partition coefficient (Wildman–Crippen LogP) is 4.28. The number of carbonyl (C=O) groups is 1. The standard InChI is InChI=1S/C29H30ClN5O2S.CH2O2/c30-20-8-18-2-1-7-34(22-11-21(16-36)32-14-22)28(18)25(10-20)24-5-6-31-26-12-23(38-29(24)26)15-35-27(37)9-19(13-33-35)17-3-4-17;2-1-3/h5-6,8-10,12-13,17,21-22,32,36H,1-4,7,11,14-16H2;1H,(H,2,3)/t21-,22-;/m0./s1. The molecule has 7 rings (SSSR count). The highest BCUT2D eigenvalue weighted by molar-refractivity contribution is 7.19. The van der Waals surface area contributed by atoms with E-state index in [0.29, 0.717) is 18.5 Å². The van der Waals surface area contributed by atoms with Gasteiger partial charge in [0, 0.05) is 64.2 Å². The first kappa shape index (κ1) is 27.8. The number of carboxylic acid groups (broad SMARTS) is 1. The molecule has 2 fully saturated rings. The predicted molar refractivity (Wildman–Crippen MR) is 161 cm³/mol. The van der Waals surface area contributed by atoms with Gasteiger partial charge in [0.05, 0.1) is 29.6 Å². The first-order valence-electron chi connectivity index (χ1n) is 13.9. The topological polar surface area (TPSA) is 121 Å². The number of halogens is 1. The van der Waals surface area contributed by atoms with Gasteiger partial charge in [0.25, 0.3) is 12.0 Å². The first-order chi connectivity index (χ1) is 20.0. The van der Waals surface area contributed by atoms with E-state index < -0.39 is 0 Å². The number of pyridine rings is 1. The van der Waals surface area contributed by atoms with E-state index in [-0.39, 0.29) is 24.7 Å². The number of hydrogen-bond donors (Lipinski definition) is 3. The Morgan fingerprint density at radius 1 is 1.20 bits per heavy atom. The molecule has 9 nitrogen and oxygen atoms in total. The molecule has 5 heterocycles. The van der Waals surface area contributed by atoms with Gasteiger partial charge in [-0.15, -0.1) is 11.3 Å². The molecule has 1 saturated carbocycles. The molecule has 41 heavy (non-hydrogen) atoms. The van der Waals surface area contributed by atoms with E-state index in [2.05, 4.69) is 44.6 Å². The number of fused-ring (bicyclic) bond motifs is 2. The Morgan fingerprint density at radius 3 is 2.76 bits per heavy atom. The van der Waals surface area contributed by atoms with Gasteiger partial charge in [-0.1, -0.05) is 11.6 Å². The number of rotatable bonds is 6. The smallest absolute Gasteiger partial charge is 0.290 e. The highest BCUT2D eigenvalue weighted by Gasteiger charge is 2.33. The van der Waals surface area contributed by atoms with Crippen molar-refractivity contribution in [2.24, 2.45) is 0 Å². The molecule has 1 saturated heterocycles. The van der Waals surface area contributed by atoms with Crippen LogP contribution in [0.2, 0.25) is 5.02 Å². The summed E-state index contributed by atoms with van der Waals surface area (Å²) in [6, 6.07) is 10.6. The van der Waals surface area contributed by atoms with Gasteiger partial charge in [-0.05, 0) is 73.4 Å². The average molecular weight is 594 g/mol. The highest BCUT2D eigenvalue weighted by atomic mass is 35.5. The van der Waals surface area contributed by atoms with E-state index >= 15 is 0 Å². The molecule has 0 radical (unpaired) electrons. The summed E-state index contributed by atoms with van der Waals surface area (Å²) in [6.07, 6.45) is 9.03. The van der Waals surface area contributed by atoms with Crippen molar-refractivity contribution in [3.8, 4) is 11.1 Å². The number of anilines is 1. The van der Waals surface area contributed by atoms with Crippen molar-refractivity contribution < 1.29 is 15.0 Å². The van der Waals surface area contributed by atoms with Crippen LogP contribution in [0.25, 0.3) is 21.3 Å². The van der Waals surface area contributed by atoms with Gasteiger partial charge in [0.2, 0.25) is 0 Å². The third-order valence-corrected chi connectivity index (χ3v) is 9.50. The molecular formula is C30H32ClN5O4S. The Hall–Kier alpha value is -3.31. The van der Waals surface area contributed by atoms with Crippen LogP contribution in [0, 0.1) is 0 Å². The van der Waals surface area contributed by atoms with Gasteiger partial charge in [-0.25, -0.2) is 4.68 Å². The summed E-state index contributed by atoms with van der Waals surface area (Å²) in [5, 5.41) is 25.3. The molecular weight excluding hydrogens is 562 g/mol. The number of hydrogen-bond acceptors (Lipinski definition) is 8. The second-order valence-electron chi connectivity index (χ2n) is 10.9. The van der Waals surface area contributed by atoms with Crippen LogP contribution in [0.5, 0.6) is 0 Å². The maximum atomic E-state index is 12.7. The molecule has 0 bridgehead atoms. The van der Waals surface area contributed by atoms with E-state index in [1.54, 1.807) is 22.1 Å². The normalized spacial score (nSPS) is 20.0. The van der Waals surface area contributed by atoms with Crippen molar-refractivity contribution in [2.75, 3.05) is 24.6 Å². The lowest BCUT2D eigenvalue weighted by Gasteiger charge is -2.38. The molecule has 2 aliphatic heterocycles. The van der Waals surface area contributed by atoms with Crippen LogP contribution >= 0.6 is 22.9 Å². The first-order valence-corrected chi connectivity index (χ1v) is 15.1.